The highest BCUT2D eigenvalue weighted by Crippen LogP contribution is 2.31. The third-order valence-electron chi connectivity index (χ3n) is 3.70. The van der Waals surface area contributed by atoms with Gasteiger partial charge in [-0.25, -0.2) is 9.18 Å². The van der Waals surface area contributed by atoms with Gasteiger partial charge < -0.3 is 14.5 Å². The van der Waals surface area contributed by atoms with E-state index in [0.717, 1.165) is 0 Å². The second kappa shape index (κ2) is 6.23. The normalized spacial score (nSPS) is 13.6. The van der Waals surface area contributed by atoms with Crippen LogP contribution in [0.25, 0.3) is 10.9 Å². The highest BCUT2D eigenvalue weighted by atomic mass is 19.1. The summed E-state index contributed by atoms with van der Waals surface area (Å²) < 4.78 is 24.2. The van der Waals surface area contributed by atoms with E-state index in [1.807, 2.05) is 0 Å². The lowest BCUT2D eigenvalue weighted by atomic mass is 9.93. The number of halogens is 1. The Balaban J connectivity index is 2.51. The Labute approximate surface area is 131 Å². The average molecular weight is 324 g/mol. The number of nitro groups is 1. The van der Waals surface area contributed by atoms with Crippen molar-refractivity contribution in [3.63, 3.8) is 0 Å². The zero-order valence-corrected chi connectivity index (χ0v) is 13.0. The van der Waals surface area contributed by atoms with Crippen molar-refractivity contribution in [2.24, 2.45) is 0 Å². The zero-order chi connectivity index (χ0) is 17.2. The van der Waals surface area contributed by atoms with Gasteiger partial charge in [0.05, 0.1) is 20.1 Å². The monoisotopic (exact) mass is 324 g/mol. The number of carbonyl (C=O) groups is 1. The van der Waals surface area contributed by atoms with Crippen LogP contribution in [0.4, 0.5) is 4.39 Å². The molecule has 1 aromatic heterocycles. The van der Waals surface area contributed by atoms with Crippen molar-refractivity contribution in [2.75, 3.05) is 13.7 Å². The topological polar surface area (TPSA) is 94.5 Å². The Kier molecular flexibility index (Phi) is 4.53. The molecule has 0 spiro atoms. The lowest BCUT2D eigenvalue weighted by molar-refractivity contribution is -0.550. The van der Waals surface area contributed by atoms with Gasteiger partial charge in [-0.2, -0.15) is 0 Å². The molecule has 0 aliphatic rings. The van der Waals surface area contributed by atoms with E-state index in [2.05, 4.69) is 4.98 Å². The van der Waals surface area contributed by atoms with Crippen molar-refractivity contribution in [2.45, 2.75) is 25.8 Å². The van der Waals surface area contributed by atoms with Gasteiger partial charge in [0.2, 0.25) is 0 Å². The standard InChI is InChI=1S/C15H17FN2O5/c1-4-23-14(19)15(2,18(20)21)7-9-8-17-10-5-6-11(22-3)13(16)12(9)10/h5-6,8,17H,4,7H2,1-3H3. The number of carbonyl (C=O) groups excluding carboxylic acids is 1. The molecule has 0 aliphatic carbocycles. The van der Waals surface area contributed by atoms with E-state index in [9.17, 15) is 19.3 Å². The fraction of sp³-hybridized carbons (Fsp3) is 0.400. The van der Waals surface area contributed by atoms with Crippen molar-refractivity contribution in [3.8, 4) is 5.75 Å². The van der Waals surface area contributed by atoms with Crippen LogP contribution in [0.2, 0.25) is 0 Å². The van der Waals surface area contributed by atoms with Gasteiger partial charge in [0, 0.05) is 28.9 Å². The van der Waals surface area contributed by atoms with Crippen LogP contribution in [-0.4, -0.2) is 35.1 Å². The van der Waals surface area contributed by atoms with E-state index in [1.54, 1.807) is 13.0 Å². The summed E-state index contributed by atoms with van der Waals surface area (Å²) in [6.07, 6.45) is 1.15. The van der Waals surface area contributed by atoms with Gasteiger partial charge in [0.15, 0.2) is 11.6 Å². The minimum atomic E-state index is -2.00. The first-order chi connectivity index (χ1) is 10.8. The van der Waals surface area contributed by atoms with Crippen molar-refractivity contribution < 1.29 is 23.6 Å². The summed E-state index contributed by atoms with van der Waals surface area (Å²) in [7, 11) is 1.33. The van der Waals surface area contributed by atoms with E-state index in [0.29, 0.717) is 11.1 Å². The first-order valence-electron chi connectivity index (χ1n) is 6.99. The molecule has 124 valence electrons. The van der Waals surface area contributed by atoms with E-state index in [4.69, 9.17) is 9.47 Å². The van der Waals surface area contributed by atoms with Crippen molar-refractivity contribution in [3.05, 3.63) is 39.8 Å². The predicted octanol–water partition coefficient (Wildman–Crippen LogP) is 2.46. The van der Waals surface area contributed by atoms with Crippen LogP contribution in [0, 0.1) is 15.9 Å². The second-order valence-electron chi connectivity index (χ2n) is 5.25. The fourth-order valence-electron chi connectivity index (χ4n) is 2.39. The van der Waals surface area contributed by atoms with Crippen LogP contribution < -0.4 is 4.74 Å². The first-order valence-corrected chi connectivity index (χ1v) is 6.99. The molecule has 0 aliphatic heterocycles. The largest absolute Gasteiger partial charge is 0.494 e. The maximum absolute atomic E-state index is 14.5. The number of benzene rings is 1. The van der Waals surface area contributed by atoms with Crippen LogP contribution in [0.5, 0.6) is 5.75 Å². The maximum Gasteiger partial charge on any atom is 0.384 e. The third-order valence-corrected chi connectivity index (χ3v) is 3.70. The Hall–Kier alpha value is -2.64. The molecule has 0 fully saturated rings. The first kappa shape index (κ1) is 16.7. The van der Waals surface area contributed by atoms with Crippen LogP contribution in [-0.2, 0) is 16.0 Å². The molecule has 0 bridgehead atoms. The van der Waals surface area contributed by atoms with Gasteiger partial charge in [-0.3, -0.25) is 10.1 Å². The highest BCUT2D eigenvalue weighted by Gasteiger charge is 2.48. The molecule has 2 aromatic rings. The lowest BCUT2D eigenvalue weighted by Crippen LogP contribution is -2.46. The molecular weight excluding hydrogens is 307 g/mol. The molecule has 1 atom stereocenters. The second-order valence-corrected chi connectivity index (χ2v) is 5.25. The van der Waals surface area contributed by atoms with Crippen LogP contribution in [0.1, 0.15) is 19.4 Å². The van der Waals surface area contributed by atoms with Gasteiger partial charge in [0.25, 0.3) is 0 Å². The molecule has 0 saturated carbocycles. The number of aromatic amines is 1. The molecule has 23 heavy (non-hydrogen) atoms. The average Bonchev–Trinajstić information content (AvgIpc) is 2.91. The van der Waals surface area contributed by atoms with Gasteiger partial charge in [-0.1, -0.05) is 0 Å². The number of fused-ring (bicyclic) bond motifs is 1. The highest BCUT2D eigenvalue weighted by molar-refractivity contribution is 5.87. The molecule has 0 radical (unpaired) electrons. The molecule has 7 nitrogen and oxygen atoms in total. The Morgan fingerprint density at radius 1 is 1.48 bits per heavy atom. The number of methoxy groups -OCH3 is 1. The summed E-state index contributed by atoms with van der Waals surface area (Å²) >= 11 is 0. The van der Waals surface area contributed by atoms with Crippen LogP contribution in [0.15, 0.2) is 18.3 Å². The lowest BCUT2D eigenvalue weighted by Gasteiger charge is -2.18. The summed E-state index contributed by atoms with van der Waals surface area (Å²) in [4.78, 5) is 25.5. The molecule has 8 heteroatoms. The van der Waals surface area contributed by atoms with E-state index < -0.39 is 22.2 Å². The van der Waals surface area contributed by atoms with Crippen LogP contribution in [0.3, 0.4) is 0 Å². The molecule has 1 unspecified atom stereocenters. The number of hydrogen-bond acceptors (Lipinski definition) is 5. The van der Waals surface area contributed by atoms with Crippen LogP contribution >= 0.6 is 0 Å². The Morgan fingerprint density at radius 2 is 2.17 bits per heavy atom. The molecule has 0 amide bonds. The van der Waals surface area contributed by atoms with E-state index in [-0.39, 0.29) is 24.2 Å². The number of nitrogens with one attached hydrogen (secondary N) is 1. The number of ether oxygens (including phenoxy) is 2. The number of hydrogen-bond donors (Lipinski definition) is 1. The Bertz CT molecular complexity index is 758. The van der Waals surface area contributed by atoms with E-state index in [1.165, 1.54) is 26.3 Å². The SMILES string of the molecule is CCOC(=O)C(C)(Cc1c[nH]c2ccc(OC)c(F)c12)[N+](=O)[O-]. The minimum Gasteiger partial charge on any atom is -0.494 e. The van der Waals surface area contributed by atoms with Crippen molar-refractivity contribution in [1.29, 1.82) is 0 Å². The molecule has 1 N–H and O–H groups in total. The van der Waals surface area contributed by atoms with Gasteiger partial charge in [-0.15, -0.1) is 0 Å². The third kappa shape index (κ3) is 2.84. The molecule has 1 heterocycles. The smallest absolute Gasteiger partial charge is 0.384 e. The van der Waals surface area contributed by atoms with Crippen molar-refractivity contribution in [1.82, 2.24) is 4.98 Å². The van der Waals surface area contributed by atoms with Gasteiger partial charge >= 0.3 is 11.5 Å². The molecular formula is C15H17FN2O5. The van der Waals surface area contributed by atoms with Gasteiger partial charge in [-0.05, 0) is 24.6 Å². The fourth-order valence-corrected chi connectivity index (χ4v) is 2.39. The van der Waals surface area contributed by atoms with E-state index >= 15 is 0 Å². The summed E-state index contributed by atoms with van der Waals surface area (Å²) in [6, 6.07) is 3.06. The number of nitrogens with zero attached hydrogens (tertiary/aromatic N) is 1. The zero-order valence-electron chi connectivity index (χ0n) is 13.0. The minimum absolute atomic E-state index is 0.0253. The summed E-state index contributed by atoms with van der Waals surface area (Å²) in [5.41, 5.74) is -1.22. The molecule has 2 rings (SSSR count). The number of esters is 1. The summed E-state index contributed by atoms with van der Waals surface area (Å²) in [5, 5.41) is 11.6. The molecule has 0 saturated heterocycles. The number of rotatable bonds is 6. The Morgan fingerprint density at radius 3 is 2.74 bits per heavy atom. The van der Waals surface area contributed by atoms with Gasteiger partial charge in [0.1, 0.15) is 0 Å². The van der Waals surface area contributed by atoms with Crippen molar-refractivity contribution >= 4 is 16.9 Å². The number of aromatic nitrogens is 1. The maximum atomic E-state index is 14.5. The summed E-state index contributed by atoms with van der Waals surface area (Å²) in [5.74, 6) is -1.56. The molecule has 1 aromatic carbocycles. The quantitative estimate of drug-likeness (QED) is 0.500. The summed E-state index contributed by atoms with van der Waals surface area (Å²) in [6.45, 7) is 2.76. The predicted molar refractivity (Wildman–Crippen MR) is 80.5 cm³/mol. The number of H-pyrrole nitrogens is 1.